The molecule has 5 rings (SSSR count). The normalized spacial score (nSPS) is 28.0. The van der Waals surface area contributed by atoms with E-state index >= 15 is 0 Å². The van der Waals surface area contributed by atoms with E-state index in [1.807, 2.05) is 6.92 Å². The minimum atomic E-state index is -3.63. The maximum atomic E-state index is 13.7. The molecule has 0 aliphatic carbocycles. The summed E-state index contributed by atoms with van der Waals surface area (Å²) in [6, 6.07) is 12.6. The largest absolute Gasteiger partial charge is 0.367 e. The number of nitriles is 1. The van der Waals surface area contributed by atoms with Gasteiger partial charge in [-0.3, -0.25) is 13.8 Å². The molecule has 0 aromatic heterocycles. The van der Waals surface area contributed by atoms with Gasteiger partial charge in [0, 0.05) is 17.2 Å². The van der Waals surface area contributed by atoms with Gasteiger partial charge in [0.2, 0.25) is 11.8 Å². The number of fused-ring (bicyclic) bond motifs is 6. The van der Waals surface area contributed by atoms with Crippen LogP contribution < -0.4 is 4.90 Å². The highest BCUT2D eigenvalue weighted by Crippen LogP contribution is 2.62. The van der Waals surface area contributed by atoms with E-state index in [0.29, 0.717) is 34.9 Å². The minimum Gasteiger partial charge on any atom is -0.367 e. The molecule has 3 heterocycles. The molecule has 2 bridgehead atoms. The Balaban J connectivity index is 0.00000111. The predicted molar refractivity (Wildman–Crippen MR) is 148 cm³/mol. The fourth-order valence-corrected chi connectivity index (χ4v) is 6.18. The van der Waals surface area contributed by atoms with Gasteiger partial charge in [0.15, 0.2) is 0 Å². The Labute approximate surface area is 218 Å². The van der Waals surface area contributed by atoms with E-state index in [0.717, 1.165) is 6.26 Å². The van der Waals surface area contributed by atoms with Crippen LogP contribution in [-0.2, 0) is 28.6 Å². The van der Waals surface area contributed by atoms with Crippen molar-refractivity contribution in [1.29, 1.82) is 5.26 Å². The van der Waals surface area contributed by atoms with E-state index in [4.69, 9.17) is 8.92 Å². The molecule has 2 aromatic carbocycles. The second kappa shape index (κ2) is 10.7. The molecule has 0 spiro atoms. The first-order valence-electron chi connectivity index (χ1n) is 10.9. The summed E-state index contributed by atoms with van der Waals surface area (Å²) in [4.78, 5) is 28.5. The number of carbonyl (C=O) groups excluding carboxylic acids is 2. The van der Waals surface area contributed by atoms with Crippen LogP contribution >= 0.6 is 19.8 Å². The number of imide groups is 1. The molecule has 3 fully saturated rings. The number of nitrogens with zero attached hydrogens (tertiary/aromatic N) is 2. The number of anilines is 1. The number of amides is 2. The van der Waals surface area contributed by atoms with Crippen LogP contribution in [-0.4, -0.2) is 44.3 Å². The smallest absolute Gasteiger partial charge is 0.264 e. The minimum absolute atomic E-state index is 0. The second-order valence-corrected chi connectivity index (χ2v) is 10.7. The van der Waals surface area contributed by atoms with Crippen LogP contribution in [0.15, 0.2) is 49.6 Å². The van der Waals surface area contributed by atoms with Crippen molar-refractivity contribution >= 4 is 58.2 Å². The third-order valence-electron chi connectivity index (χ3n) is 7.10. The number of ether oxygens (including phenoxy) is 1. The molecule has 194 valence electrons. The van der Waals surface area contributed by atoms with E-state index in [1.165, 1.54) is 4.90 Å². The van der Waals surface area contributed by atoms with Crippen LogP contribution in [0.1, 0.15) is 31.7 Å². The fourth-order valence-electron chi connectivity index (χ4n) is 5.79. The van der Waals surface area contributed by atoms with Gasteiger partial charge in [0.05, 0.1) is 53.2 Å². The van der Waals surface area contributed by atoms with E-state index in [9.17, 15) is 23.3 Å². The Morgan fingerprint density at radius 3 is 2.31 bits per heavy atom. The quantitative estimate of drug-likeness (QED) is 0.243. The van der Waals surface area contributed by atoms with Gasteiger partial charge in [-0.25, -0.2) is 4.90 Å². The number of benzene rings is 2. The lowest BCUT2D eigenvalue weighted by Gasteiger charge is -2.30. The van der Waals surface area contributed by atoms with Crippen LogP contribution in [0.5, 0.6) is 0 Å². The molecular weight excluding hydrogens is 518 g/mol. The zero-order chi connectivity index (χ0) is 24.9. The van der Waals surface area contributed by atoms with Gasteiger partial charge >= 0.3 is 0 Å². The highest BCUT2D eigenvalue weighted by atomic mass is 32.2. The standard InChI is InChI=1S/C23H22N2O6S.C2H4.2H3P/c1-22-9-10-23(31-22,11-12-30-32(2,28)29)19-18(22)20(26)25(21(19)27)17-8-7-14(13-24)15-5-3-4-6-16(15)17;1-2;;/h3-8,18-19H,9-12H2,1-2H3;1-2H2;2*1H3/t18-,19+,22?,23?;;;/m0.../s1. The zero-order valence-corrected chi connectivity index (χ0v) is 24.2. The van der Waals surface area contributed by atoms with Crippen molar-refractivity contribution in [2.75, 3.05) is 17.8 Å². The SMILES string of the molecule is C=C.CC12CCC(CCOS(C)(=O)=O)(O1)[C@H]1C(=O)N(c3ccc(C#N)c4ccccc34)C(=O)[C@H]12.P.P. The second-order valence-electron chi connectivity index (χ2n) is 9.01. The summed E-state index contributed by atoms with van der Waals surface area (Å²) in [5.41, 5.74) is -0.809. The van der Waals surface area contributed by atoms with Crippen molar-refractivity contribution in [2.45, 2.75) is 37.4 Å². The summed E-state index contributed by atoms with van der Waals surface area (Å²) in [7, 11) is -3.63. The van der Waals surface area contributed by atoms with Crippen molar-refractivity contribution < 1.29 is 26.9 Å². The number of hydrogen-bond acceptors (Lipinski definition) is 7. The van der Waals surface area contributed by atoms with Crippen LogP contribution in [0.25, 0.3) is 10.8 Å². The van der Waals surface area contributed by atoms with E-state index in [1.54, 1.807) is 36.4 Å². The Hall–Kier alpha value is -2.20. The molecule has 0 N–H and O–H groups in total. The molecule has 4 unspecified atom stereocenters. The van der Waals surface area contributed by atoms with Gasteiger partial charge in [-0.2, -0.15) is 33.5 Å². The molecule has 36 heavy (non-hydrogen) atoms. The van der Waals surface area contributed by atoms with Crippen molar-refractivity contribution in [3.63, 3.8) is 0 Å². The fraction of sp³-hybridized carbons (Fsp3) is 0.400. The third kappa shape index (κ3) is 4.62. The Kier molecular flexibility index (Phi) is 8.89. The molecule has 3 saturated heterocycles. The summed E-state index contributed by atoms with van der Waals surface area (Å²) < 4.78 is 34.0. The zero-order valence-electron chi connectivity index (χ0n) is 20.5. The lowest BCUT2D eigenvalue weighted by atomic mass is 9.67. The summed E-state index contributed by atoms with van der Waals surface area (Å²) in [5.74, 6) is -2.01. The van der Waals surface area contributed by atoms with Gasteiger partial charge in [-0.1, -0.05) is 24.3 Å². The van der Waals surface area contributed by atoms with Gasteiger partial charge in [0.1, 0.15) is 0 Å². The molecule has 11 heteroatoms. The lowest BCUT2D eigenvalue weighted by Crippen LogP contribution is -2.43. The van der Waals surface area contributed by atoms with Gasteiger partial charge < -0.3 is 4.74 Å². The molecule has 8 nitrogen and oxygen atoms in total. The monoisotopic (exact) mass is 550 g/mol. The summed E-state index contributed by atoms with van der Waals surface area (Å²) in [5, 5.41) is 10.8. The predicted octanol–water partition coefficient (Wildman–Crippen LogP) is 3.42. The van der Waals surface area contributed by atoms with Crippen molar-refractivity contribution in [3.05, 3.63) is 55.1 Å². The average molecular weight is 551 g/mol. The van der Waals surface area contributed by atoms with E-state index in [-0.39, 0.29) is 44.6 Å². The molecule has 2 amide bonds. The molecule has 2 aromatic rings. The van der Waals surface area contributed by atoms with E-state index in [2.05, 4.69) is 19.2 Å². The molecule has 6 atom stereocenters. The first kappa shape index (κ1) is 30.0. The number of hydrogen-bond donors (Lipinski definition) is 0. The van der Waals surface area contributed by atoms with E-state index < -0.39 is 33.2 Å². The lowest BCUT2D eigenvalue weighted by molar-refractivity contribution is -0.131. The summed E-state index contributed by atoms with van der Waals surface area (Å²) in [6.07, 6.45) is 2.34. The van der Waals surface area contributed by atoms with Crippen molar-refractivity contribution in [1.82, 2.24) is 0 Å². The first-order valence-corrected chi connectivity index (χ1v) is 12.8. The Bertz CT molecular complexity index is 1340. The van der Waals surface area contributed by atoms with Crippen molar-refractivity contribution in [3.8, 4) is 6.07 Å². The summed E-state index contributed by atoms with van der Waals surface area (Å²) >= 11 is 0. The first-order chi connectivity index (χ1) is 16.1. The number of carbonyl (C=O) groups is 2. The molecule has 3 aliphatic rings. The van der Waals surface area contributed by atoms with Crippen LogP contribution in [0, 0.1) is 23.2 Å². The topological polar surface area (TPSA) is 114 Å². The molecular formula is C25H32N2O6P2S. The van der Waals surface area contributed by atoms with Gasteiger partial charge in [-0.15, -0.1) is 13.2 Å². The maximum Gasteiger partial charge on any atom is 0.264 e. The Morgan fingerprint density at radius 2 is 1.69 bits per heavy atom. The molecule has 3 aliphatic heterocycles. The Morgan fingerprint density at radius 1 is 1.08 bits per heavy atom. The van der Waals surface area contributed by atoms with Gasteiger partial charge in [-0.05, 0) is 31.9 Å². The maximum absolute atomic E-state index is 13.7. The highest BCUT2D eigenvalue weighted by molar-refractivity contribution is 7.85. The third-order valence-corrected chi connectivity index (χ3v) is 7.69. The van der Waals surface area contributed by atoms with Gasteiger partial charge in [0.25, 0.3) is 10.1 Å². The molecule has 0 saturated carbocycles. The van der Waals surface area contributed by atoms with Crippen LogP contribution in [0.2, 0.25) is 0 Å². The van der Waals surface area contributed by atoms with Crippen LogP contribution in [0.3, 0.4) is 0 Å². The average Bonchev–Trinajstić information content (AvgIpc) is 3.38. The number of rotatable bonds is 5. The van der Waals surface area contributed by atoms with Crippen LogP contribution in [0.4, 0.5) is 5.69 Å². The molecule has 0 radical (unpaired) electrons. The van der Waals surface area contributed by atoms with Crippen molar-refractivity contribution in [2.24, 2.45) is 11.8 Å². The highest BCUT2D eigenvalue weighted by Gasteiger charge is 2.73. The summed E-state index contributed by atoms with van der Waals surface area (Å²) in [6.45, 7) is 7.74.